The van der Waals surface area contributed by atoms with Gasteiger partial charge in [0, 0.05) is 11.4 Å². The lowest BCUT2D eigenvalue weighted by Crippen LogP contribution is -2.14. The standard InChI is InChI=1S/C9H13NO2S/c1-7-3-2-4-9(10-7)13-6-8(12)5-11/h2-4,8,11-12H,5-6H2,1H3. The average Bonchev–Trinajstić information content (AvgIpc) is 2.14. The van der Waals surface area contributed by atoms with Gasteiger partial charge in [0.25, 0.3) is 0 Å². The molecule has 1 atom stereocenters. The molecule has 0 radical (unpaired) electrons. The lowest BCUT2D eigenvalue weighted by Gasteiger charge is -2.05. The van der Waals surface area contributed by atoms with Crippen molar-refractivity contribution in [3.63, 3.8) is 0 Å². The van der Waals surface area contributed by atoms with Gasteiger partial charge in [-0.25, -0.2) is 4.98 Å². The van der Waals surface area contributed by atoms with Gasteiger partial charge < -0.3 is 10.2 Å². The monoisotopic (exact) mass is 199 g/mol. The van der Waals surface area contributed by atoms with E-state index in [1.54, 1.807) is 0 Å². The summed E-state index contributed by atoms with van der Waals surface area (Å²) in [6, 6.07) is 5.74. The van der Waals surface area contributed by atoms with Crippen LogP contribution in [-0.2, 0) is 0 Å². The fourth-order valence-corrected chi connectivity index (χ4v) is 1.68. The number of aliphatic hydroxyl groups is 2. The number of hydrogen-bond acceptors (Lipinski definition) is 4. The van der Waals surface area contributed by atoms with Gasteiger partial charge >= 0.3 is 0 Å². The molecule has 1 aromatic heterocycles. The molecule has 0 amide bonds. The zero-order chi connectivity index (χ0) is 9.68. The van der Waals surface area contributed by atoms with Crippen LogP contribution in [0.1, 0.15) is 5.69 Å². The molecule has 0 aliphatic carbocycles. The summed E-state index contributed by atoms with van der Waals surface area (Å²) < 4.78 is 0. The molecule has 0 spiro atoms. The van der Waals surface area contributed by atoms with Crippen molar-refractivity contribution in [3.8, 4) is 0 Å². The molecule has 0 aliphatic heterocycles. The Morgan fingerprint density at radius 3 is 2.92 bits per heavy atom. The van der Waals surface area contributed by atoms with Crippen LogP contribution >= 0.6 is 11.8 Å². The minimum atomic E-state index is -0.660. The van der Waals surface area contributed by atoms with E-state index in [0.717, 1.165) is 10.7 Å². The number of aromatic nitrogens is 1. The molecule has 0 saturated carbocycles. The van der Waals surface area contributed by atoms with E-state index >= 15 is 0 Å². The maximum Gasteiger partial charge on any atom is 0.0963 e. The topological polar surface area (TPSA) is 53.4 Å². The highest BCUT2D eigenvalue weighted by molar-refractivity contribution is 7.99. The first-order valence-corrected chi connectivity index (χ1v) is 5.06. The van der Waals surface area contributed by atoms with Gasteiger partial charge in [-0.05, 0) is 19.1 Å². The van der Waals surface area contributed by atoms with E-state index < -0.39 is 6.10 Å². The number of pyridine rings is 1. The van der Waals surface area contributed by atoms with Crippen molar-refractivity contribution in [3.05, 3.63) is 23.9 Å². The van der Waals surface area contributed by atoms with Crippen molar-refractivity contribution < 1.29 is 10.2 Å². The van der Waals surface area contributed by atoms with Crippen molar-refractivity contribution in [2.75, 3.05) is 12.4 Å². The first-order valence-electron chi connectivity index (χ1n) is 4.07. The molecule has 1 heterocycles. The number of nitrogens with zero attached hydrogens (tertiary/aromatic N) is 1. The van der Waals surface area contributed by atoms with E-state index in [-0.39, 0.29) is 6.61 Å². The summed E-state index contributed by atoms with van der Waals surface area (Å²) in [5, 5.41) is 18.6. The first kappa shape index (κ1) is 10.5. The Balaban J connectivity index is 2.45. The van der Waals surface area contributed by atoms with Gasteiger partial charge in [-0.1, -0.05) is 6.07 Å². The van der Waals surface area contributed by atoms with Gasteiger partial charge in [-0.3, -0.25) is 0 Å². The maximum absolute atomic E-state index is 9.09. The summed E-state index contributed by atoms with van der Waals surface area (Å²) in [5.74, 6) is 0.479. The predicted molar refractivity (Wildman–Crippen MR) is 52.8 cm³/mol. The van der Waals surface area contributed by atoms with Gasteiger partial charge in [-0.2, -0.15) is 0 Å². The smallest absolute Gasteiger partial charge is 0.0963 e. The van der Waals surface area contributed by atoms with Crippen LogP contribution in [0.2, 0.25) is 0 Å². The molecule has 13 heavy (non-hydrogen) atoms. The Kier molecular flexibility index (Phi) is 4.21. The lowest BCUT2D eigenvalue weighted by atomic mass is 10.4. The molecule has 0 bridgehead atoms. The summed E-state index contributed by atoms with van der Waals surface area (Å²) in [5.41, 5.74) is 0.962. The van der Waals surface area contributed by atoms with Gasteiger partial charge in [0.05, 0.1) is 17.7 Å². The van der Waals surface area contributed by atoms with E-state index in [1.807, 2.05) is 25.1 Å². The summed E-state index contributed by atoms with van der Waals surface area (Å²) in [6.07, 6.45) is -0.660. The molecule has 3 nitrogen and oxygen atoms in total. The molecule has 4 heteroatoms. The molecular weight excluding hydrogens is 186 g/mol. The zero-order valence-electron chi connectivity index (χ0n) is 7.47. The number of aryl methyl sites for hydroxylation is 1. The zero-order valence-corrected chi connectivity index (χ0v) is 8.29. The molecule has 1 rings (SSSR count). The second-order valence-corrected chi connectivity index (χ2v) is 3.80. The average molecular weight is 199 g/mol. The molecule has 1 aromatic rings. The fraction of sp³-hybridized carbons (Fsp3) is 0.444. The Morgan fingerprint density at radius 2 is 2.31 bits per heavy atom. The van der Waals surface area contributed by atoms with E-state index in [0.29, 0.717) is 5.75 Å². The third-order valence-corrected chi connectivity index (χ3v) is 2.57. The van der Waals surface area contributed by atoms with Crippen LogP contribution in [0.3, 0.4) is 0 Å². The van der Waals surface area contributed by atoms with Crippen LogP contribution in [0.4, 0.5) is 0 Å². The highest BCUT2D eigenvalue weighted by Gasteiger charge is 2.03. The quantitative estimate of drug-likeness (QED) is 0.705. The van der Waals surface area contributed by atoms with Crippen molar-refractivity contribution in [1.82, 2.24) is 4.98 Å². The van der Waals surface area contributed by atoms with Crippen LogP contribution in [0, 0.1) is 6.92 Å². The molecule has 72 valence electrons. The Hall–Kier alpha value is -0.580. The van der Waals surface area contributed by atoms with Gasteiger partial charge in [0.2, 0.25) is 0 Å². The van der Waals surface area contributed by atoms with Crippen molar-refractivity contribution in [2.45, 2.75) is 18.1 Å². The number of hydrogen-bond donors (Lipinski definition) is 2. The van der Waals surface area contributed by atoms with E-state index in [2.05, 4.69) is 4.98 Å². The van der Waals surface area contributed by atoms with Gasteiger partial charge in [0.15, 0.2) is 0 Å². The van der Waals surface area contributed by atoms with Crippen LogP contribution in [0.25, 0.3) is 0 Å². The van der Waals surface area contributed by atoms with Crippen molar-refractivity contribution in [2.24, 2.45) is 0 Å². The SMILES string of the molecule is Cc1cccc(SCC(O)CO)n1. The summed E-state index contributed by atoms with van der Waals surface area (Å²) in [4.78, 5) is 4.25. The third kappa shape index (κ3) is 3.76. The molecule has 2 N–H and O–H groups in total. The fourth-order valence-electron chi connectivity index (χ4n) is 0.833. The Labute approximate surface area is 81.8 Å². The largest absolute Gasteiger partial charge is 0.394 e. The summed E-state index contributed by atoms with van der Waals surface area (Å²) in [6.45, 7) is 1.73. The molecule has 1 unspecified atom stereocenters. The minimum absolute atomic E-state index is 0.196. The van der Waals surface area contributed by atoms with Crippen LogP contribution < -0.4 is 0 Å². The summed E-state index contributed by atoms with van der Waals surface area (Å²) >= 11 is 1.45. The molecule has 0 saturated heterocycles. The van der Waals surface area contributed by atoms with Crippen LogP contribution in [0.5, 0.6) is 0 Å². The molecule has 0 fully saturated rings. The first-order chi connectivity index (χ1) is 6.22. The Morgan fingerprint density at radius 1 is 1.54 bits per heavy atom. The second kappa shape index (κ2) is 5.21. The molecule has 0 aromatic carbocycles. The second-order valence-electron chi connectivity index (χ2n) is 2.76. The number of rotatable bonds is 4. The van der Waals surface area contributed by atoms with Crippen molar-refractivity contribution >= 4 is 11.8 Å². The lowest BCUT2D eigenvalue weighted by molar-refractivity contribution is 0.113. The Bertz CT molecular complexity index is 268. The van der Waals surface area contributed by atoms with Crippen molar-refractivity contribution in [1.29, 1.82) is 0 Å². The van der Waals surface area contributed by atoms with E-state index in [4.69, 9.17) is 10.2 Å². The third-order valence-electron chi connectivity index (χ3n) is 1.50. The normalized spacial score (nSPS) is 12.8. The maximum atomic E-state index is 9.09. The summed E-state index contributed by atoms with van der Waals surface area (Å²) in [7, 11) is 0. The predicted octanol–water partition coefficient (Wildman–Crippen LogP) is 0.835. The molecular formula is C9H13NO2S. The van der Waals surface area contributed by atoms with Gasteiger partial charge in [-0.15, -0.1) is 11.8 Å². The highest BCUT2D eigenvalue weighted by atomic mass is 32.2. The number of aliphatic hydroxyl groups excluding tert-OH is 2. The van der Waals surface area contributed by atoms with E-state index in [9.17, 15) is 0 Å². The minimum Gasteiger partial charge on any atom is -0.394 e. The van der Waals surface area contributed by atoms with Crippen LogP contribution in [-0.4, -0.2) is 33.7 Å². The highest BCUT2D eigenvalue weighted by Crippen LogP contribution is 2.15. The van der Waals surface area contributed by atoms with Crippen LogP contribution in [0.15, 0.2) is 23.2 Å². The number of thioether (sulfide) groups is 1. The van der Waals surface area contributed by atoms with E-state index in [1.165, 1.54) is 11.8 Å². The van der Waals surface area contributed by atoms with Gasteiger partial charge in [0.1, 0.15) is 0 Å². The molecule has 0 aliphatic rings.